The first-order chi connectivity index (χ1) is 11.0. The molecule has 24 heavy (non-hydrogen) atoms. The third-order valence-electron chi connectivity index (χ3n) is 3.63. The number of carbonyl (C=O) groups is 1. The molecular weight excluding hydrogens is 421 g/mol. The van der Waals surface area contributed by atoms with Crippen molar-refractivity contribution < 1.29 is 14.6 Å². The fraction of sp³-hybridized carbons (Fsp3) is 0.882. The van der Waals surface area contributed by atoms with Crippen molar-refractivity contribution in [3.05, 3.63) is 0 Å². The van der Waals surface area contributed by atoms with E-state index in [2.05, 4.69) is 34.2 Å². The lowest BCUT2D eigenvalue weighted by Gasteiger charge is -2.26. The Balaban J connectivity index is 0. The second kappa shape index (κ2) is 15.9. The standard InChI is InChI=1S/C17H35N3O3.HI/c1-5-11-17(22,12-6-2)14-20-16(18-7-3)19-13-9-8-10-15(21)23-4;/h22H,5-14H2,1-4H3,(H2,18,19,20);1H. The molecule has 6 nitrogen and oxygen atoms in total. The van der Waals surface area contributed by atoms with E-state index in [1.165, 1.54) is 7.11 Å². The molecule has 0 unspecified atom stereocenters. The predicted octanol–water partition coefficient (Wildman–Crippen LogP) is 2.83. The van der Waals surface area contributed by atoms with Crippen LogP contribution in [0.2, 0.25) is 0 Å². The molecule has 0 fully saturated rings. The van der Waals surface area contributed by atoms with Crippen molar-refractivity contribution in [2.45, 2.75) is 71.3 Å². The quantitative estimate of drug-likeness (QED) is 0.138. The summed E-state index contributed by atoms with van der Waals surface area (Å²) in [5, 5.41) is 17.0. The minimum Gasteiger partial charge on any atom is -0.469 e. The van der Waals surface area contributed by atoms with Crippen LogP contribution in [0.4, 0.5) is 0 Å². The second-order valence-corrected chi connectivity index (χ2v) is 5.88. The van der Waals surface area contributed by atoms with E-state index < -0.39 is 5.60 Å². The molecule has 0 saturated carbocycles. The van der Waals surface area contributed by atoms with Crippen molar-refractivity contribution in [1.82, 2.24) is 10.6 Å². The highest BCUT2D eigenvalue weighted by atomic mass is 127. The largest absolute Gasteiger partial charge is 0.469 e. The van der Waals surface area contributed by atoms with Gasteiger partial charge in [-0.15, -0.1) is 24.0 Å². The molecule has 0 atom stereocenters. The number of hydrogen-bond donors (Lipinski definition) is 3. The first-order valence-electron chi connectivity index (χ1n) is 8.82. The van der Waals surface area contributed by atoms with Crippen LogP contribution in [-0.4, -0.2) is 49.4 Å². The molecule has 7 heteroatoms. The van der Waals surface area contributed by atoms with Gasteiger partial charge in [-0.25, -0.2) is 0 Å². The number of carbonyl (C=O) groups excluding carboxylic acids is 1. The summed E-state index contributed by atoms with van der Waals surface area (Å²) in [7, 11) is 1.41. The number of unbranched alkanes of at least 4 members (excludes halogenated alkanes) is 1. The molecule has 0 aromatic carbocycles. The molecule has 0 spiro atoms. The Morgan fingerprint density at radius 1 is 1.12 bits per heavy atom. The maximum absolute atomic E-state index is 11.0. The first kappa shape index (κ1) is 25.7. The Kier molecular flexibility index (Phi) is 17.0. The first-order valence-corrected chi connectivity index (χ1v) is 8.82. The SMILES string of the molecule is CCCC(O)(CCC)CN=C(NCC)NCCCCC(=O)OC.I. The van der Waals surface area contributed by atoms with Gasteiger partial charge in [0.15, 0.2) is 5.96 Å². The minimum absolute atomic E-state index is 0. The van der Waals surface area contributed by atoms with Gasteiger partial charge in [0.1, 0.15) is 0 Å². The molecule has 0 bridgehead atoms. The predicted molar refractivity (Wildman–Crippen MR) is 110 cm³/mol. The monoisotopic (exact) mass is 457 g/mol. The summed E-state index contributed by atoms with van der Waals surface area (Å²) >= 11 is 0. The molecule has 0 amide bonds. The zero-order valence-electron chi connectivity index (χ0n) is 15.7. The molecule has 3 N–H and O–H groups in total. The zero-order valence-corrected chi connectivity index (χ0v) is 18.0. The van der Waals surface area contributed by atoms with Crippen molar-refractivity contribution >= 4 is 35.9 Å². The van der Waals surface area contributed by atoms with Gasteiger partial charge in [0.25, 0.3) is 0 Å². The third kappa shape index (κ3) is 12.8. The number of aliphatic imine (C=N–C) groups is 1. The van der Waals surface area contributed by atoms with Gasteiger partial charge in [0.2, 0.25) is 0 Å². The minimum atomic E-state index is -0.712. The highest BCUT2D eigenvalue weighted by molar-refractivity contribution is 14.0. The maximum atomic E-state index is 11.0. The number of ether oxygens (including phenoxy) is 1. The highest BCUT2D eigenvalue weighted by Crippen LogP contribution is 2.19. The van der Waals surface area contributed by atoms with Crippen molar-refractivity contribution in [3.8, 4) is 0 Å². The molecule has 0 rings (SSSR count). The number of aliphatic hydroxyl groups is 1. The van der Waals surface area contributed by atoms with Gasteiger partial charge < -0.3 is 20.5 Å². The van der Waals surface area contributed by atoms with E-state index in [0.29, 0.717) is 13.0 Å². The van der Waals surface area contributed by atoms with Crippen LogP contribution in [0.5, 0.6) is 0 Å². The lowest BCUT2D eigenvalue weighted by atomic mass is 9.93. The number of rotatable bonds is 12. The lowest BCUT2D eigenvalue weighted by molar-refractivity contribution is -0.140. The second-order valence-electron chi connectivity index (χ2n) is 5.88. The molecule has 0 heterocycles. The Hall–Kier alpha value is -0.570. The molecular formula is C17H36IN3O3. The number of methoxy groups -OCH3 is 1. The number of esters is 1. The van der Waals surface area contributed by atoms with Gasteiger partial charge in [0.05, 0.1) is 19.3 Å². The molecule has 0 aromatic rings. The summed E-state index contributed by atoms with van der Waals surface area (Å²) in [6, 6.07) is 0. The van der Waals surface area contributed by atoms with Gasteiger partial charge >= 0.3 is 5.97 Å². The van der Waals surface area contributed by atoms with Crippen LogP contribution in [0.3, 0.4) is 0 Å². The molecule has 0 aliphatic heterocycles. The van der Waals surface area contributed by atoms with Crippen LogP contribution in [0.25, 0.3) is 0 Å². The van der Waals surface area contributed by atoms with Crippen LogP contribution in [0.15, 0.2) is 4.99 Å². The van der Waals surface area contributed by atoms with Gasteiger partial charge in [-0.2, -0.15) is 0 Å². The van der Waals surface area contributed by atoms with Crippen molar-refractivity contribution in [2.24, 2.45) is 4.99 Å². The summed E-state index contributed by atoms with van der Waals surface area (Å²) in [6.07, 6.45) is 5.53. The van der Waals surface area contributed by atoms with Crippen LogP contribution in [0, 0.1) is 0 Å². The number of guanidine groups is 1. The van der Waals surface area contributed by atoms with Gasteiger partial charge in [-0.05, 0) is 32.6 Å². The molecule has 0 aliphatic carbocycles. The number of halogens is 1. The van der Waals surface area contributed by atoms with Crippen LogP contribution in [0.1, 0.15) is 65.7 Å². The average molecular weight is 457 g/mol. The summed E-state index contributed by atoms with van der Waals surface area (Å²) in [4.78, 5) is 15.6. The Morgan fingerprint density at radius 2 is 1.75 bits per heavy atom. The summed E-state index contributed by atoms with van der Waals surface area (Å²) in [6.45, 7) is 8.09. The van der Waals surface area contributed by atoms with E-state index in [1.807, 2.05) is 6.92 Å². The number of nitrogens with zero attached hydrogens (tertiary/aromatic N) is 1. The van der Waals surface area contributed by atoms with E-state index in [1.54, 1.807) is 0 Å². The Morgan fingerprint density at radius 3 is 2.25 bits per heavy atom. The van der Waals surface area contributed by atoms with Gasteiger partial charge in [0, 0.05) is 19.5 Å². The molecule has 144 valence electrons. The van der Waals surface area contributed by atoms with E-state index in [0.717, 1.165) is 57.6 Å². The van der Waals surface area contributed by atoms with E-state index >= 15 is 0 Å². The summed E-state index contributed by atoms with van der Waals surface area (Å²) in [5.74, 6) is 0.547. The summed E-state index contributed by atoms with van der Waals surface area (Å²) in [5.41, 5.74) is -0.712. The van der Waals surface area contributed by atoms with Crippen LogP contribution < -0.4 is 10.6 Å². The van der Waals surface area contributed by atoms with Crippen LogP contribution in [-0.2, 0) is 9.53 Å². The van der Waals surface area contributed by atoms with E-state index in [4.69, 9.17) is 0 Å². The fourth-order valence-electron chi connectivity index (χ4n) is 2.48. The summed E-state index contributed by atoms with van der Waals surface area (Å²) < 4.78 is 4.62. The van der Waals surface area contributed by atoms with Gasteiger partial charge in [-0.1, -0.05) is 26.7 Å². The zero-order chi connectivity index (χ0) is 17.6. The van der Waals surface area contributed by atoms with Gasteiger partial charge in [-0.3, -0.25) is 9.79 Å². The molecule has 0 aliphatic rings. The van der Waals surface area contributed by atoms with E-state index in [-0.39, 0.29) is 29.9 Å². The smallest absolute Gasteiger partial charge is 0.305 e. The highest BCUT2D eigenvalue weighted by Gasteiger charge is 2.24. The maximum Gasteiger partial charge on any atom is 0.305 e. The van der Waals surface area contributed by atoms with E-state index in [9.17, 15) is 9.90 Å². The fourth-order valence-corrected chi connectivity index (χ4v) is 2.48. The Bertz CT molecular complexity index is 346. The third-order valence-corrected chi connectivity index (χ3v) is 3.63. The number of nitrogens with one attached hydrogen (secondary N) is 2. The lowest BCUT2D eigenvalue weighted by Crippen LogP contribution is -2.40. The topological polar surface area (TPSA) is 83.0 Å². The molecule has 0 saturated heterocycles. The normalized spacial score (nSPS) is 11.6. The Labute approximate surface area is 164 Å². The van der Waals surface area contributed by atoms with Crippen molar-refractivity contribution in [2.75, 3.05) is 26.7 Å². The molecule has 0 radical (unpaired) electrons. The number of hydrogen-bond acceptors (Lipinski definition) is 4. The van der Waals surface area contributed by atoms with Crippen molar-refractivity contribution in [1.29, 1.82) is 0 Å². The van der Waals surface area contributed by atoms with Crippen LogP contribution >= 0.6 is 24.0 Å². The van der Waals surface area contributed by atoms with Crippen molar-refractivity contribution in [3.63, 3.8) is 0 Å². The molecule has 0 aromatic heterocycles. The average Bonchev–Trinajstić information content (AvgIpc) is 2.52.